The molecular weight excluding hydrogens is 1620 g/mol. The minimum absolute atomic E-state index is 0.107. The van der Waals surface area contributed by atoms with Gasteiger partial charge in [0.1, 0.15) is 146 Å². The van der Waals surface area contributed by atoms with Crippen LogP contribution in [0.3, 0.4) is 0 Å². The zero-order valence-corrected chi connectivity index (χ0v) is 72.5. The second kappa shape index (κ2) is 55.3. The number of benzene rings is 1. The first-order chi connectivity index (χ1) is 59.0. The standard InChI is InChI=1S/C87H156O36/c1-4-7-10-13-16-19-22-25-28-33-85(46-112-79-73(106)67(100)61(94)55(40-88)118-79,47-113-80-74(107)68(101)62(95)56(41-89)119-80)37-52-31-32-53(38-86(34-29-26-23-20-17-14-11-8-5-2,48-114-81-75(108)69(102)63(96)57(42-90)120-81)49-115-82-76(109)70(103)64(97)58(43-91)121-82)54(36-52)39-87(35-30-27-24-21-18-15-12-9-6-3,50-116-83-77(110)71(104)65(98)59(44-92)122-83)51-117-84-78(111)72(105)66(99)60(45-93)123-84/h31-32,36,55-84,88-111H,4-30,33-35,37-51H2,1-3H3/t55?,56?,57?,58?,59?,60?,61-,62-,63-,64-,65-,66-,67+,68+,69+,70+,71+,72+,73?,74?,75?,76?,77?,78?,79-,80-,81-,82-,83-,84-,85?,86?,87?/m1/s1. The number of hydrogen-bond donors (Lipinski definition) is 24. The van der Waals surface area contributed by atoms with E-state index in [0.29, 0.717) is 55.2 Å². The maximum Gasteiger partial charge on any atom is 0.186 e. The van der Waals surface area contributed by atoms with Crippen LogP contribution in [0.2, 0.25) is 0 Å². The topological polar surface area (TPSA) is 596 Å². The Kier molecular flexibility index (Phi) is 48.5. The van der Waals surface area contributed by atoms with Crippen LogP contribution in [0.25, 0.3) is 0 Å². The average molecular weight is 1780 g/mol. The summed E-state index contributed by atoms with van der Waals surface area (Å²) in [4.78, 5) is 0. The SMILES string of the molecule is CCCCCCCCCCCC(CO[C@@H]1OC(CO)[C@@H](O)[C@H](O)C1O)(CO[C@@H]1OC(CO)[C@@H](O)[C@H](O)C1O)Cc1ccc(CC(CCCCCCCCCCC)(CO[C@@H]2OC(CO)[C@@H](O)[C@H](O)C2O)CO[C@@H]2OC(CO)[C@@H](O)[C@H](O)C2O)c(CC(CCCCCCCCCCC)(CO[C@@H]2OC(CO)[C@@H](O)[C@H](O)C2O)CO[C@@H]2OC(CO)[C@@H](O)[C@H](O)C2O)c1. The molecule has 1 aromatic carbocycles. The van der Waals surface area contributed by atoms with Gasteiger partial charge in [-0.1, -0.05) is 212 Å². The summed E-state index contributed by atoms with van der Waals surface area (Å²) < 4.78 is 75.9. The smallest absolute Gasteiger partial charge is 0.186 e. The molecule has 6 fully saturated rings. The number of aliphatic hydroxyl groups excluding tert-OH is 24. The van der Waals surface area contributed by atoms with Gasteiger partial charge in [0, 0.05) is 16.2 Å². The van der Waals surface area contributed by atoms with Crippen molar-refractivity contribution in [2.75, 3.05) is 79.3 Å². The molecule has 12 unspecified atom stereocenters. The molecule has 7 rings (SSSR count). The van der Waals surface area contributed by atoms with Crippen molar-refractivity contribution in [1.29, 1.82) is 0 Å². The van der Waals surface area contributed by atoms with Crippen molar-refractivity contribution in [1.82, 2.24) is 0 Å². The highest BCUT2D eigenvalue weighted by Crippen LogP contribution is 2.43. The van der Waals surface area contributed by atoms with Crippen LogP contribution < -0.4 is 0 Å². The van der Waals surface area contributed by atoms with Crippen LogP contribution in [0.5, 0.6) is 0 Å². The Bertz CT molecular complexity index is 2820. The van der Waals surface area contributed by atoms with Crippen molar-refractivity contribution < 1.29 is 179 Å². The maximum absolute atomic E-state index is 11.8. The van der Waals surface area contributed by atoms with E-state index in [4.69, 9.17) is 56.8 Å². The van der Waals surface area contributed by atoms with E-state index in [2.05, 4.69) is 20.8 Å². The highest BCUT2D eigenvalue weighted by Gasteiger charge is 2.53. The Morgan fingerprint density at radius 3 is 0.618 bits per heavy atom. The van der Waals surface area contributed by atoms with Crippen molar-refractivity contribution in [3.8, 4) is 0 Å². The van der Waals surface area contributed by atoms with E-state index in [1.807, 2.05) is 6.07 Å². The number of unbranched alkanes of at least 4 members (excludes halogenated alkanes) is 24. The van der Waals surface area contributed by atoms with Gasteiger partial charge in [0.2, 0.25) is 0 Å². The Morgan fingerprint density at radius 1 is 0.228 bits per heavy atom. The van der Waals surface area contributed by atoms with Gasteiger partial charge in [-0.05, 0) is 55.2 Å². The van der Waals surface area contributed by atoms with E-state index in [-0.39, 0.29) is 38.5 Å². The lowest BCUT2D eigenvalue weighted by Gasteiger charge is -2.44. The predicted octanol–water partition coefficient (Wildman–Crippen LogP) is -1.06. The molecule has 0 amide bonds. The van der Waals surface area contributed by atoms with Gasteiger partial charge < -0.3 is 179 Å². The molecule has 30 atom stereocenters. The molecule has 36 heteroatoms. The summed E-state index contributed by atoms with van der Waals surface area (Å²) in [6.45, 7) is -1.48. The first-order valence-electron chi connectivity index (χ1n) is 45.6. The van der Waals surface area contributed by atoms with Gasteiger partial charge in [0.25, 0.3) is 0 Å². The summed E-state index contributed by atoms with van der Waals surface area (Å²) in [6.07, 6.45) is -29.7. The van der Waals surface area contributed by atoms with Gasteiger partial charge in [0.15, 0.2) is 37.7 Å². The Labute approximate surface area is 723 Å². The summed E-state index contributed by atoms with van der Waals surface area (Å²) in [5.41, 5.74) is -3.06. The van der Waals surface area contributed by atoms with Crippen molar-refractivity contribution >= 4 is 0 Å². The molecule has 0 spiro atoms. The lowest BCUT2D eigenvalue weighted by molar-refractivity contribution is -0.318. The Hall–Kier alpha value is -2.22. The van der Waals surface area contributed by atoms with Crippen molar-refractivity contribution in [2.45, 2.75) is 417 Å². The van der Waals surface area contributed by atoms with Gasteiger partial charge in [0.05, 0.1) is 79.3 Å². The summed E-state index contributed by atoms with van der Waals surface area (Å²) in [5, 5.41) is 267. The van der Waals surface area contributed by atoms with Gasteiger partial charge in [-0.15, -0.1) is 0 Å². The Morgan fingerprint density at radius 2 is 0.415 bits per heavy atom. The van der Waals surface area contributed by atoms with Gasteiger partial charge in [-0.3, -0.25) is 0 Å². The fraction of sp³-hybridized carbons (Fsp3) is 0.931. The minimum atomic E-state index is -1.96. The highest BCUT2D eigenvalue weighted by molar-refractivity contribution is 5.35. The maximum atomic E-state index is 11.8. The van der Waals surface area contributed by atoms with E-state index >= 15 is 0 Å². The van der Waals surface area contributed by atoms with E-state index in [9.17, 15) is 123 Å². The molecule has 24 N–H and O–H groups in total. The van der Waals surface area contributed by atoms with Crippen LogP contribution in [0.4, 0.5) is 0 Å². The zero-order valence-electron chi connectivity index (χ0n) is 72.5. The van der Waals surface area contributed by atoms with Crippen LogP contribution in [-0.4, -0.2) is 386 Å². The van der Waals surface area contributed by atoms with E-state index in [1.54, 1.807) is 12.1 Å². The molecule has 0 radical (unpaired) electrons. The highest BCUT2D eigenvalue weighted by atomic mass is 16.7. The number of hydrogen-bond acceptors (Lipinski definition) is 36. The zero-order chi connectivity index (χ0) is 90.0. The molecule has 0 aliphatic carbocycles. The third-order valence-corrected chi connectivity index (χ3v) is 25.8. The molecule has 6 aliphatic rings. The minimum Gasteiger partial charge on any atom is -0.394 e. The van der Waals surface area contributed by atoms with Crippen molar-refractivity contribution in [3.05, 3.63) is 34.9 Å². The van der Waals surface area contributed by atoms with E-state index < -0.39 is 280 Å². The second-order valence-corrected chi connectivity index (χ2v) is 35.9. The fourth-order valence-electron chi connectivity index (χ4n) is 17.7. The van der Waals surface area contributed by atoms with Crippen LogP contribution in [-0.2, 0) is 76.1 Å². The fourth-order valence-corrected chi connectivity index (χ4v) is 17.7. The molecule has 0 aromatic heterocycles. The molecule has 720 valence electrons. The van der Waals surface area contributed by atoms with Gasteiger partial charge in [-0.25, -0.2) is 0 Å². The van der Waals surface area contributed by atoms with E-state index in [1.165, 1.54) is 0 Å². The largest absolute Gasteiger partial charge is 0.394 e. The number of rotatable bonds is 60. The lowest BCUT2D eigenvalue weighted by Crippen LogP contribution is -2.60. The molecule has 0 bridgehead atoms. The molecular formula is C87H156O36. The van der Waals surface area contributed by atoms with Gasteiger partial charge >= 0.3 is 0 Å². The molecule has 36 nitrogen and oxygen atoms in total. The number of aliphatic hydroxyl groups is 24. The first-order valence-corrected chi connectivity index (χ1v) is 45.6. The number of ether oxygens (including phenoxy) is 12. The first kappa shape index (κ1) is 108. The van der Waals surface area contributed by atoms with E-state index in [0.717, 1.165) is 135 Å². The quantitative estimate of drug-likeness (QED) is 0.0346. The van der Waals surface area contributed by atoms with Crippen LogP contribution in [0.15, 0.2) is 18.2 Å². The summed E-state index contributed by atoms with van der Waals surface area (Å²) >= 11 is 0. The monoisotopic (exact) mass is 1780 g/mol. The molecule has 0 saturated carbocycles. The lowest BCUT2D eigenvalue weighted by atomic mass is 9.72. The summed E-state index contributed by atoms with van der Waals surface area (Å²) in [5.74, 6) is 0. The average Bonchev–Trinajstić information content (AvgIpc) is 0.781. The predicted molar refractivity (Wildman–Crippen MR) is 439 cm³/mol. The normalized spacial score (nSPS) is 36.1. The third-order valence-electron chi connectivity index (χ3n) is 25.8. The summed E-state index contributed by atoms with van der Waals surface area (Å²) in [6, 6.07) is 5.41. The van der Waals surface area contributed by atoms with Crippen molar-refractivity contribution in [2.24, 2.45) is 16.2 Å². The van der Waals surface area contributed by atoms with Crippen LogP contribution >= 0.6 is 0 Å². The summed E-state index contributed by atoms with van der Waals surface area (Å²) in [7, 11) is 0. The molecule has 6 aliphatic heterocycles. The van der Waals surface area contributed by atoms with Crippen molar-refractivity contribution in [3.63, 3.8) is 0 Å². The second-order valence-electron chi connectivity index (χ2n) is 35.9. The molecule has 123 heavy (non-hydrogen) atoms. The van der Waals surface area contributed by atoms with Crippen LogP contribution in [0.1, 0.15) is 230 Å². The van der Waals surface area contributed by atoms with Gasteiger partial charge in [-0.2, -0.15) is 0 Å². The molecule has 1 aromatic rings. The molecule has 6 saturated heterocycles. The third kappa shape index (κ3) is 31.5. The van der Waals surface area contributed by atoms with Crippen LogP contribution in [0, 0.1) is 16.2 Å². The Balaban J connectivity index is 1.52. The molecule has 6 heterocycles.